The van der Waals surface area contributed by atoms with E-state index in [0.29, 0.717) is 42.2 Å². The fraction of sp³-hybridized carbons (Fsp3) is 0.381. The van der Waals surface area contributed by atoms with E-state index < -0.39 is 28.9 Å². The van der Waals surface area contributed by atoms with Crippen molar-refractivity contribution < 1.29 is 32.2 Å². The highest BCUT2D eigenvalue weighted by atomic mass is 32.2. The Kier molecular flexibility index (Phi) is 5.55. The van der Waals surface area contributed by atoms with Crippen molar-refractivity contribution in [2.24, 2.45) is 5.41 Å². The molecular formula is C21H20F4N2O3S. The maximum absolute atomic E-state index is 13.9. The highest BCUT2D eigenvalue weighted by Gasteiger charge is 2.51. The van der Waals surface area contributed by atoms with E-state index in [-0.39, 0.29) is 12.4 Å². The molecule has 0 atom stereocenters. The van der Waals surface area contributed by atoms with Gasteiger partial charge in [-0.1, -0.05) is 0 Å². The van der Waals surface area contributed by atoms with E-state index in [2.05, 4.69) is 0 Å². The van der Waals surface area contributed by atoms with Gasteiger partial charge >= 0.3 is 12.1 Å². The van der Waals surface area contributed by atoms with Crippen molar-refractivity contribution in [1.82, 2.24) is 4.31 Å². The molecule has 1 fully saturated rings. The number of likely N-dealkylation sites (N-methyl/N-ethyl adjacent to an activating group) is 1. The minimum Gasteiger partial charge on any atom is -0.492 e. The van der Waals surface area contributed by atoms with Crippen molar-refractivity contribution in [3.8, 4) is 5.75 Å². The maximum atomic E-state index is 13.9. The van der Waals surface area contributed by atoms with Crippen LogP contribution in [0.5, 0.6) is 5.75 Å². The zero-order chi connectivity index (χ0) is 22.4. The van der Waals surface area contributed by atoms with E-state index in [9.17, 15) is 27.5 Å². The molecule has 1 aliphatic heterocycles. The molecule has 4 rings (SSSR count). The third kappa shape index (κ3) is 4.45. The van der Waals surface area contributed by atoms with E-state index in [1.54, 1.807) is 4.90 Å². The lowest BCUT2D eigenvalue weighted by molar-refractivity contribution is -0.144. The summed E-state index contributed by atoms with van der Waals surface area (Å²) in [5.74, 6) is -1.88. The SMILES string of the molecule is CN1CCN(c2ccc(F)cc2)c2cc(C(F)(F)F)c(OCC3(C(=O)O)CC3)cc2S1. The Morgan fingerprint density at radius 2 is 1.87 bits per heavy atom. The number of ether oxygens (including phenoxy) is 1. The summed E-state index contributed by atoms with van der Waals surface area (Å²) in [4.78, 5) is 13.6. The van der Waals surface area contributed by atoms with Gasteiger partial charge in [0.05, 0.1) is 16.1 Å². The number of carboxylic acids is 1. The van der Waals surface area contributed by atoms with Crippen molar-refractivity contribution in [2.75, 3.05) is 31.6 Å². The molecule has 5 nitrogen and oxygen atoms in total. The third-order valence-corrected chi connectivity index (χ3v) is 6.52. The fourth-order valence-electron chi connectivity index (χ4n) is 3.43. The first-order valence-electron chi connectivity index (χ1n) is 9.63. The Morgan fingerprint density at radius 1 is 1.19 bits per heavy atom. The molecule has 0 unspecified atom stereocenters. The van der Waals surface area contributed by atoms with E-state index in [1.807, 2.05) is 11.4 Å². The average molecular weight is 456 g/mol. The van der Waals surface area contributed by atoms with Crippen LogP contribution in [0.15, 0.2) is 41.3 Å². The standard InChI is InChI=1S/C21H20F4N2O3S/c1-26-8-9-27(14-4-2-13(22)3-5-14)16-10-15(21(23,24)25)17(11-18(16)31-26)30-12-20(6-7-20)19(28)29/h2-5,10-11H,6-9,12H2,1H3,(H,28,29). The van der Waals surface area contributed by atoms with Gasteiger partial charge < -0.3 is 14.7 Å². The molecule has 1 heterocycles. The van der Waals surface area contributed by atoms with E-state index in [4.69, 9.17) is 4.74 Å². The average Bonchev–Trinajstić information content (AvgIpc) is 3.50. The zero-order valence-electron chi connectivity index (χ0n) is 16.6. The summed E-state index contributed by atoms with van der Waals surface area (Å²) >= 11 is 1.28. The molecule has 0 amide bonds. The molecule has 10 heteroatoms. The van der Waals surface area contributed by atoms with E-state index in [1.165, 1.54) is 42.3 Å². The number of alkyl halides is 3. The van der Waals surface area contributed by atoms with Crippen LogP contribution in [0.4, 0.5) is 28.9 Å². The molecule has 166 valence electrons. The molecule has 1 aliphatic carbocycles. The maximum Gasteiger partial charge on any atom is 0.420 e. The van der Waals surface area contributed by atoms with E-state index >= 15 is 0 Å². The van der Waals surface area contributed by atoms with Crippen molar-refractivity contribution in [2.45, 2.75) is 23.9 Å². The minimum atomic E-state index is -4.69. The van der Waals surface area contributed by atoms with Crippen molar-refractivity contribution in [3.63, 3.8) is 0 Å². The number of halogens is 4. The molecule has 1 saturated carbocycles. The van der Waals surface area contributed by atoms with Gasteiger partial charge in [0.2, 0.25) is 0 Å². The number of hydrogen-bond donors (Lipinski definition) is 1. The van der Waals surface area contributed by atoms with Gasteiger partial charge in [0.1, 0.15) is 23.6 Å². The van der Waals surface area contributed by atoms with Crippen molar-refractivity contribution in [1.29, 1.82) is 0 Å². The summed E-state index contributed by atoms with van der Waals surface area (Å²) in [7, 11) is 1.82. The summed E-state index contributed by atoms with van der Waals surface area (Å²) in [5.41, 5.74) is -1.17. The van der Waals surface area contributed by atoms with Gasteiger partial charge in [0.15, 0.2) is 0 Å². The van der Waals surface area contributed by atoms with Crippen LogP contribution in [0, 0.1) is 11.2 Å². The number of aliphatic carboxylic acids is 1. The highest BCUT2D eigenvalue weighted by Crippen LogP contribution is 2.49. The number of carboxylic acid groups (broad SMARTS) is 1. The largest absolute Gasteiger partial charge is 0.492 e. The van der Waals surface area contributed by atoms with E-state index in [0.717, 1.165) is 6.07 Å². The second kappa shape index (κ2) is 7.90. The molecule has 0 bridgehead atoms. The van der Waals surface area contributed by atoms with Crippen LogP contribution in [0.25, 0.3) is 0 Å². The third-order valence-electron chi connectivity index (χ3n) is 5.50. The van der Waals surface area contributed by atoms with Crippen LogP contribution in [-0.2, 0) is 11.0 Å². The molecule has 0 aromatic heterocycles. The number of benzene rings is 2. The molecular weight excluding hydrogens is 436 g/mol. The Labute approximate surface area is 180 Å². The number of nitrogens with zero attached hydrogens (tertiary/aromatic N) is 2. The van der Waals surface area contributed by atoms with Gasteiger partial charge in [-0.05, 0) is 68.2 Å². The summed E-state index contributed by atoms with van der Waals surface area (Å²) in [6.07, 6.45) is -3.93. The first-order valence-corrected chi connectivity index (χ1v) is 10.4. The summed E-state index contributed by atoms with van der Waals surface area (Å²) in [6, 6.07) is 7.92. The summed E-state index contributed by atoms with van der Waals surface area (Å²) in [6.45, 7) is 0.643. The molecule has 0 spiro atoms. The minimum absolute atomic E-state index is 0.313. The van der Waals surface area contributed by atoms with Crippen LogP contribution in [0.3, 0.4) is 0 Å². The topological polar surface area (TPSA) is 53.0 Å². The molecule has 0 radical (unpaired) electrons. The Morgan fingerprint density at radius 3 is 2.45 bits per heavy atom. The highest BCUT2D eigenvalue weighted by molar-refractivity contribution is 7.97. The van der Waals surface area contributed by atoms with Crippen LogP contribution in [0.2, 0.25) is 0 Å². The number of carbonyl (C=O) groups is 1. The first kappa shape index (κ1) is 21.8. The van der Waals surface area contributed by atoms with Gasteiger partial charge in [0, 0.05) is 18.8 Å². The quantitative estimate of drug-likeness (QED) is 0.494. The van der Waals surface area contributed by atoms with Gasteiger partial charge in [-0.25, -0.2) is 8.70 Å². The van der Waals surface area contributed by atoms with Crippen LogP contribution < -0.4 is 9.64 Å². The zero-order valence-corrected chi connectivity index (χ0v) is 17.4. The first-order chi connectivity index (χ1) is 14.6. The molecule has 0 saturated heterocycles. The predicted octanol–water partition coefficient (Wildman–Crippen LogP) is 5.18. The smallest absolute Gasteiger partial charge is 0.420 e. The molecule has 1 N–H and O–H groups in total. The lowest BCUT2D eigenvalue weighted by Crippen LogP contribution is -2.25. The predicted molar refractivity (Wildman–Crippen MR) is 108 cm³/mol. The lowest BCUT2D eigenvalue weighted by atomic mass is 10.1. The molecule has 2 aromatic carbocycles. The Balaban J connectivity index is 1.76. The van der Waals surface area contributed by atoms with Crippen molar-refractivity contribution >= 4 is 29.3 Å². The molecule has 31 heavy (non-hydrogen) atoms. The fourth-order valence-corrected chi connectivity index (χ4v) is 4.36. The monoisotopic (exact) mass is 456 g/mol. The lowest BCUT2D eigenvalue weighted by Gasteiger charge is -2.26. The molecule has 2 aromatic rings. The van der Waals surface area contributed by atoms with Gasteiger partial charge in [0.25, 0.3) is 0 Å². The normalized spacial score (nSPS) is 18.3. The second-order valence-corrected chi connectivity index (χ2v) is 9.00. The van der Waals surface area contributed by atoms with Gasteiger partial charge in [-0.15, -0.1) is 0 Å². The summed E-state index contributed by atoms with van der Waals surface area (Å²) < 4.78 is 62.4. The van der Waals surface area contributed by atoms with Crippen molar-refractivity contribution in [3.05, 3.63) is 47.8 Å². The van der Waals surface area contributed by atoms with Crippen LogP contribution >= 0.6 is 11.9 Å². The number of rotatable bonds is 5. The second-order valence-electron chi connectivity index (χ2n) is 7.76. The van der Waals surface area contributed by atoms with Gasteiger partial charge in [-0.2, -0.15) is 13.2 Å². The van der Waals surface area contributed by atoms with Crippen LogP contribution in [-0.4, -0.2) is 42.1 Å². The molecule has 2 aliphatic rings. The number of fused-ring (bicyclic) bond motifs is 1. The van der Waals surface area contributed by atoms with Crippen LogP contribution in [0.1, 0.15) is 18.4 Å². The Bertz CT molecular complexity index is 993. The van der Waals surface area contributed by atoms with Gasteiger partial charge in [-0.3, -0.25) is 4.79 Å². The summed E-state index contributed by atoms with van der Waals surface area (Å²) in [5, 5.41) is 9.31. The number of anilines is 2. The number of hydrogen-bond acceptors (Lipinski definition) is 5. The Hall–Kier alpha value is -2.46.